The van der Waals surface area contributed by atoms with Crippen LogP contribution >= 0.6 is 0 Å². The maximum Gasteiger partial charge on any atom is 0.227 e. The van der Waals surface area contributed by atoms with Gasteiger partial charge in [0.25, 0.3) is 0 Å². The molecular weight excluding hydrogens is 268 g/mol. The molecule has 3 rings (SSSR count). The van der Waals surface area contributed by atoms with E-state index in [4.69, 9.17) is 9.15 Å². The second-order valence-corrected chi connectivity index (χ2v) is 6.18. The minimum Gasteiger partial charge on any atom is -0.465 e. The highest BCUT2D eigenvalue weighted by Crippen LogP contribution is 2.32. The quantitative estimate of drug-likeness (QED) is 0.825. The van der Waals surface area contributed by atoms with Crippen LogP contribution in [0.4, 0.5) is 0 Å². The summed E-state index contributed by atoms with van der Waals surface area (Å²) in [4.78, 5) is 16.9. The van der Waals surface area contributed by atoms with Gasteiger partial charge in [-0.3, -0.25) is 9.69 Å². The summed E-state index contributed by atoms with van der Waals surface area (Å²) in [6.45, 7) is 6.85. The molecule has 116 valence electrons. The van der Waals surface area contributed by atoms with Gasteiger partial charge >= 0.3 is 0 Å². The first-order valence-electron chi connectivity index (χ1n) is 7.73. The molecule has 2 atom stereocenters. The predicted octanol–water partition coefficient (Wildman–Crippen LogP) is 1.51. The lowest BCUT2D eigenvalue weighted by Crippen LogP contribution is -2.46. The number of likely N-dealkylation sites (tertiary alicyclic amines) is 2. The first-order valence-corrected chi connectivity index (χ1v) is 7.73. The summed E-state index contributed by atoms with van der Waals surface area (Å²) >= 11 is 0. The molecule has 5 heteroatoms. The Hall–Kier alpha value is -1.33. The molecule has 0 bridgehead atoms. The van der Waals surface area contributed by atoms with Crippen LogP contribution < -0.4 is 0 Å². The summed E-state index contributed by atoms with van der Waals surface area (Å²) in [7, 11) is 1.68. The highest BCUT2D eigenvalue weighted by Gasteiger charge is 2.42. The lowest BCUT2D eigenvalue weighted by Gasteiger charge is -2.33. The van der Waals surface area contributed by atoms with Gasteiger partial charge in [0.15, 0.2) is 0 Å². The zero-order valence-electron chi connectivity index (χ0n) is 12.9. The molecule has 0 spiro atoms. The van der Waals surface area contributed by atoms with Gasteiger partial charge in [-0.15, -0.1) is 0 Å². The van der Waals surface area contributed by atoms with Gasteiger partial charge in [0.05, 0.1) is 19.1 Å². The molecule has 0 aliphatic carbocycles. The van der Waals surface area contributed by atoms with Crippen LogP contribution in [0.1, 0.15) is 17.9 Å². The van der Waals surface area contributed by atoms with Crippen molar-refractivity contribution in [3.63, 3.8) is 0 Å². The Kier molecular flexibility index (Phi) is 4.31. The number of amides is 1. The molecule has 0 radical (unpaired) electrons. The molecule has 3 heterocycles. The van der Waals surface area contributed by atoms with E-state index >= 15 is 0 Å². The van der Waals surface area contributed by atoms with Crippen molar-refractivity contribution in [1.82, 2.24) is 9.80 Å². The molecular formula is C16H24N2O3. The third kappa shape index (κ3) is 3.14. The third-order valence-electron chi connectivity index (χ3n) is 4.66. The average Bonchev–Trinajstić information content (AvgIpc) is 3.05. The number of nitrogens with zero attached hydrogens (tertiary/aromatic N) is 2. The molecule has 1 aromatic rings. The molecule has 21 heavy (non-hydrogen) atoms. The van der Waals surface area contributed by atoms with Crippen LogP contribution in [-0.2, 0) is 16.1 Å². The number of ether oxygens (including phenoxy) is 1. The number of carbonyl (C=O) groups is 1. The smallest absolute Gasteiger partial charge is 0.227 e. The molecule has 2 aliphatic rings. The largest absolute Gasteiger partial charge is 0.465 e. The number of piperidine rings is 1. The van der Waals surface area contributed by atoms with Crippen molar-refractivity contribution in [1.29, 1.82) is 0 Å². The molecule has 5 nitrogen and oxygen atoms in total. The van der Waals surface area contributed by atoms with Crippen LogP contribution in [0.25, 0.3) is 0 Å². The fraction of sp³-hybridized carbons (Fsp3) is 0.688. The van der Waals surface area contributed by atoms with Gasteiger partial charge in [0.1, 0.15) is 11.5 Å². The van der Waals surface area contributed by atoms with Crippen molar-refractivity contribution < 1.29 is 13.9 Å². The van der Waals surface area contributed by atoms with E-state index in [0.717, 1.165) is 50.7 Å². The maximum atomic E-state index is 12.5. The first-order chi connectivity index (χ1) is 10.2. The summed E-state index contributed by atoms with van der Waals surface area (Å²) < 4.78 is 10.7. The Labute approximate surface area is 125 Å². The minimum absolute atomic E-state index is 0.159. The van der Waals surface area contributed by atoms with E-state index in [1.54, 1.807) is 7.11 Å². The van der Waals surface area contributed by atoms with E-state index < -0.39 is 0 Å². The van der Waals surface area contributed by atoms with E-state index in [0.29, 0.717) is 18.4 Å². The van der Waals surface area contributed by atoms with Crippen molar-refractivity contribution in [3.8, 4) is 0 Å². The lowest BCUT2D eigenvalue weighted by atomic mass is 9.88. The van der Waals surface area contributed by atoms with Crippen molar-refractivity contribution in [2.45, 2.75) is 19.9 Å². The van der Waals surface area contributed by atoms with Crippen LogP contribution in [0, 0.1) is 18.8 Å². The van der Waals surface area contributed by atoms with Crippen molar-refractivity contribution >= 4 is 5.91 Å². The maximum absolute atomic E-state index is 12.5. The van der Waals surface area contributed by atoms with Crippen molar-refractivity contribution in [3.05, 3.63) is 23.7 Å². The lowest BCUT2D eigenvalue weighted by molar-refractivity contribution is -0.140. The molecule has 2 fully saturated rings. The predicted molar refractivity (Wildman–Crippen MR) is 78.8 cm³/mol. The molecule has 0 N–H and O–H groups in total. The zero-order chi connectivity index (χ0) is 14.8. The van der Waals surface area contributed by atoms with Crippen LogP contribution in [0.15, 0.2) is 16.5 Å². The average molecular weight is 292 g/mol. The van der Waals surface area contributed by atoms with Crippen molar-refractivity contribution in [2.24, 2.45) is 11.8 Å². The molecule has 0 unspecified atom stereocenters. The zero-order valence-corrected chi connectivity index (χ0v) is 12.9. The molecule has 2 aliphatic heterocycles. The van der Waals surface area contributed by atoms with Gasteiger partial charge in [-0.2, -0.15) is 0 Å². The summed E-state index contributed by atoms with van der Waals surface area (Å²) in [6, 6.07) is 4.03. The second-order valence-electron chi connectivity index (χ2n) is 6.18. The number of methoxy groups -OCH3 is 1. The monoisotopic (exact) mass is 292 g/mol. The van der Waals surface area contributed by atoms with E-state index in [-0.39, 0.29) is 5.92 Å². The summed E-state index contributed by atoms with van der Waals surface area (Å²) in [5, 5.41) is 0. The number of rotatable bonds is 5. The summed E-state index contributed by atoms with van der Waals surface area (Å²) in [6.07, 6.45) is 1.10. The number of fused-ring (bicyclic) bond motifs is 1. The van der Waals surface area contributed by atoms with E-state index in [2.05, 4.69) is 4.90 Å². The Bertz CT molecular complexity index is 499. The Morgan fingerprint density at radius 2 is 2.24 bits per heavy atom. The SMILES string of the molecule is COCCN1CC[C@H]2CN(Cc3ccc(C)o3)C[C@@H]2C1=O. The molecule has 1 aromatic heterocycles. The van der Waals surface area contributed by atoms with Gasteiger partial charge in [-0.05, 0) is 31.4 Å². The highest BCUT2D eigenvalue weighted by atomic mass is 16.5. The van der Waals surface area contributed by atoms with E-state index in [9.17, 15) is 4.79 Å². The summed E-state index contributed by atoms with van der Waals surface area (Å²) in [5.74, 6) is 2.92. The fourth-order valence-corrected chi connectivity index (χ4v) is 3.54. The van der Waals surface area contributed by atoms with Gasteiger partial charge in [0.2, 0.25) is 5.91 Å². The third-order valence-corrected chi connectivity index (χ3v) is 4.66. The number of hydrogen-bond acceptors (Lipinski definition) is 4. The summed E-state index contributed by atoms with van der Waals surface area (Å²) in [5.41, 5.74) is 0. The molecule has 0 saturated carbocycles. The number of hydrogen-bond donors (Lipinski definition) is 0. The van der Waals surface area contributed by atoms with Gasteiger partial charge in [-0.1, -0.05) is 0 Å². The second kappa shape index (κ2) is 6.20. The van der Waals surface area contributed by atoms with Crippen molar-refractivity contribution in [2.75, 3.05) is 39.9 Å². The Morgan fingerprint density at radius 3 is 2.95 bits per heavy atom. The van der Waals surface area contributed by atoms with Gasteiger partial charge in [-0.25, -0.2) is 0 Å². The van der Waals surface area contributed by atoms with Crippen LogP contribution in [0.2, 0.25) is 0 Å². The molecule has 2 saturated heterocycles. The Morgan fingerprint density at radius 1 is 1.38 bits per heavy atom. The number of furan rings is 1. The Balaban J connectivity index is 1.58. The van der Waals surface area contributed by atoms with Gasteiger partial charge in [0, 0.05) is 33.3 Å². The number of aryl methyl sites for hydroxylation is 1. The number of carbonyl (C=O) groups excluding carboxylic acids is 1. The van der Waals surface area contributed by atoms with Crippen LogP contribution in [0.5, 0.6) is 0 Å². The topological polar surface area (TPSA) is 45.9 Å². The highest BCUT2D eigenvalue weighted by molar-refractivity contribution is 5.80. The van der Waals surface area contributed by atoms with Crippen LogP contribution in [0.3, 0.4) is 0 Å². The molecule has 1 amide bonds. The molecule has 0 aromatic carbocycles. The van der Waals surface area contributed by atoms with Crippen LogP contribution in [-0.4, -0.2) is 55.6 Å². The van der Waals surface area contributed by atoms with Gasteiger partial charge < -0.3 is 14.1 Å². The normalized spacial score (nSPS) is 26.4. The van der Waals surface area contributed by atoms with E-state index in [1.807, 2.05) is 24.0 Å². The minimum atomic E-state index is 0.159. The first kappa shape index (κ1) is 14.6. The standard InChI is InChI=1S/C16H24N2O3/c1-12-3-4-14(21-12)10-17-9-13-5-6-18(7-8-20-2)16(19)15(13)11-17/h3-4,13,15H,5-11H2,1-2H3/t13-,15-/m0/s1. The van der Waals surface area contributed by atoms with E-state index in [1.165, 1.54) is 0 Å². The fourth-order valence-electron chi connectivity index (χ4n) is 3.54.